The molecule has 1 aliphatic rings. The molecule has 0 unspecified atom stereocenters. The Morgan fingerprint density at radius 1 is 1.29 bits per heavy atom. The van der Waals surface area contributed by atoms with E-state index in [2.05, 4.69) is 31.0 Å². The van der Waals surface area contributed by atoms with Crippen LogP contribution in [0.5, 0.6) is 0 Å². The summed E-state index contributed by atoms with van der Waals surface area (Å²) in [5.41, 5.74) is 1.85. The molecular formula is C19H29N3O2. The molecule has 1 aromatic carbocycles. The van der Waals surface area contributed by atoms with Crippen molar-refractivity contribution in [3.63, 3.8) is 0 Å². The summed E-state index contributed by atoms with van der Waals surface area (Å²) in [6, 6.07) is 8.35. The van der Waals surface area contributed by atoms with E-state index in [4.69, 9.17) is 0 Å². The van der Waals surface area contributed by atoms with Gasteiger partial charge in [0, 0.05) is 49.9 Å². The fourth-order valence-corrected chi connectivity index (χ4v) is 3.39. The standard InChI is InChI=1S/C19H29N3O2/c1-5-22(14(2)3)18-10-8-16(9-11-18)19(24)21-12-6-7-17(13-21)20-15(4)23/h8-11,14,17H,5-7,12-13H2,1-4H3,(H,20,23)/t17-/m0/s1. The lowest BCUT2D eigenvalue weighted by atomic mass is 10.0. The number of hydrogen-bond acceptors (Lipinski definition) is 3. The van der Waals surface area contributed by atoms with Crippen molar-refractivity contribution >= 4 is 17.5 Å². The molecule has 0 radical (unpaired) electrons. The van der Waals surface area contributed by atoms with Crippen molar-refractivity contribution < 1.29 is 9.59 Å². The molecule has 1 aliphatic heterocycles. The minimum Gasteiger partial charge on any atom is -0.369 e. The number of benzene rings is 1. The van der Waals surface area contributed by atoms with E-state index >= 15 is 0 Å². The minimum atomic E-state index is -0.0352. The van der Waals surface area contributed by atoms with Crippen molar-refractivity contribution in [3.8, 4) is 0 Å². The van der Waals surface area contributed by atoms with Crippen molar-refractivity contribution in [1.82, 2.24) is 10.2 Å². The summed E-state index contributed by atoms with van der Waals surface area (Å²) < 4.78 is 0. The molecule has 5 heteroatoms. The topological polar surface area (TPSA) is 52.7 Å². The highest BCUT2D eigenvalue weighted by molar-refractivity contribution is 5.94. The number of carbonyl (C=O) groups is 2. The van der Waals surface area contributed by atoms with Gasteiger partial charge in [0.15, 0.2) is 0 Å². The first-order chi connectivity index (χ1) is 11.4. The smallest absolute Gasteiger partial charge is 0.253 e. The van der Waals surface area contributed by atoms with Crippen LogP contribution in [-0.4, -0.2) is 48.4 Å². The summed E-state index contributed by atoms with van der Waals surface area (Å²) in [4.78, 5) is 28.1. The highest BCUT2D eigenvalue weighted by atomic mass is 16.2. The Morgan fingerprint density at radius 2 is 1.96 bits per heavy atom. The van der Waals surface area contributed by atoms with Crippen LogP contribution in [0.1, 0.15) is 50.9 Å². The van der Waals surface area contributed by atoms with Crippen molar-refractivity contribution in [2.24, 2.45) is 0 Å². The first-order valence-electron chi connectivity index (χ1n) is 8.85. The van der Waals surface area contributed by atoms with Gasteiger partial charge in [-0.2, -0.15) is 0 Å². The Balaban J connectivity index is 2.05. The predicted octanol–water partition coefficient (Wildman–Crippen LogP) is 2.66. The third-order valence-corrected chi connectivity index (χ3v) is 4.53. The number of carbonyl (C=O) groups excluding carboxylic acids is 2. The Bertz CT molecular complexity index is 568. The van der Waals surface area contributed by atoms with Gasteiger partial charge in [-0.25, -0.2) is 0 Å². The van der Waals surface area contributed by atoms with Gasteiger partial charge in [-0.05, 0) is 57.9 Å². The van der Waals surface area contributed by atoms with E-state index in [-0.39, 0.29) is 17.9 Å². The molecule has 1 heterocycles. The lowest BCUT2D eigenvalue weighted by molar-refractivity contribution is -0.120. The summed E-state index contributed by atoms with van der Waals surface area (Å²) in [6.45, 7) is 10.3. The number of nitrogens with zero attached hydrogens (tertiary/aromatic N) is 2. The van der Waals surface area contributed by atoms with Crippen LogP contribution in [0.15, 0.2) is 24.3 Å². The van der Waals surface area contributed by atoms with Crippen LogP contribution in [-0.2, 0) is 4.79 Å². The lowest BCUT2D eigenvalue weighted by Crippen LogP contribution is -2.49. The Morgan fingerprint density at radius 3 is 2.50 bits per heavy atom. The quantitative estimate of drug-likeness (QED) is 0.902. The van der Waals surface area contributed by atoms with Gasteiger partial charge in [-0.3, -0.25) is 9.59 Å². The number of rotatable bonds is 5. The third kappa shape index (κ3) is 4.49. The van der Waals surface area contributed by atoms with E-state index in [1.165, 1.54) is 6.92 Å². The van der Waals surface area contributed by atoms with Crippen LogP contribution in [0.3, 0.4) is 0 Å². The van der Waals surface area contributed by atoms with E-state index in [1.807, 2.05) is 29.2 Å². The van der Waals surface area contributed by atoms with E-state index < -0.39 is 0 Å². The van der Waals surface area contributed by atoms with E-state index in [0.717, 1.165) is 31.6 Å². The molecule has 0 spiro atoms. The third-order valence-electron chi connectivity index (χ3n) is 4.53. The Hall–Kier alpha value is -2.04. The van der Waals surface area contributed by atoms with Crippen LogP contribution in [0.25, 0.3) is 0 Å². The predicted molar refractivity (Wildman–Crippen MR) is 97.3 cm³/mol. The molecule has 0 aliphatic carbocycles. The monoisotopic (exact) mass is 331 g/mol. The van der Waals surface area contributed by atoms with E-state index in [1.54, 1.807) is 0 Å². The highest BCUT2D eigenvalue weighted by Gasteiger charge is 2.25. The number of likely N-dealkylation sites (tertiary alicyclic amines) is 1. The second-order valence-electron chi connectivity index (χ2n) is 6.72. The largest absolute Gasteiger partial charge is 0.369 e. The summed E-state index contributed by atoms with van der Waals surface area (Å²) in [5.74, 6) is 0.0104. The molecule has 1 fully saturated rings. The average molecular weight is 331 g/mol. The SMILES string of the molecule is CCN(c1ccc(C(=O)N2CCC[C@H](NC(C)=O)C2)cc1)C(C)C. The summed E-state index contributed by atoms with van der Waals surface area (Å²) in [7, 11) is 0. The van der Waals surface area contributed by atoms with E-state index in [9.17, 15) is 9.59 Å². The van der Waals surface area contributed by atoms with Crippen molar-refractivity contribution in [2.75, 3.05) is 24.5 Å². The number of amides is 2. The number of anilines is 1. The second kappa shape index (κ2) is 8.18. The molecule has 0 aromatic heterocycles. The van der Waals surface area contributed by atoms with Gasteiger partial charge in [0.1, 0.15) is 0 Å². The maximum absolute atomic E-state index is 12.7. The first-order valence-corrected chi connectivity index (χ1v) is 8.85. The fraction of sp³-hybridized carbons (Fsp3) is 0.579. The van der Waals surface area contributed by atoms with Crippen molar-refractivity contribution in [2.45, 2.75) is 52.6 Å². The maximum atomic E-state index is 12.7. The molecule has 1 N–H and O–H groups in total. The summed E-state index contributed by atoms with van der Waals surface area (Å²) in [6.07, 6.45) is 1.86. The molecule has 1 atom stereocenters. The number of hydrogen-bond donors (Lipinski definition) is 1. The van der Waals surface area contributed by atoms with Crippen LogP contribution in [0.2, 0.25) is 0 Å². The molecule has 2 amide bonds. The zero-order valence-corrected chi connectivity index (χ0v) is 15.2. The Labute approximate surface area is 145 Å². The molecule has 24 heavy (non-hydrogen) atoms. The van der Waals surface area contributed by atoms with Gasteiger partial charge >= 0.3 is 0 Å². The Kier molecular flexibility index (Phi) is 6.23. The number of piperidine rings is 1. The molecule has 1 saturated heterocycles. The molecule has 1 aromatic rings. The van der Waals surface area contributed by atoms with Crippen molar-refractivity contribution in [1.29, 1.82) is 0 Å². The molecule has 2 rings (SSSR count). The van der Waals surface area contributed by atoms with Crippen LogP contribution >= 0.6 is 0 Å². The normalized spacial score (nSPS) is 17.7. The molecular weight excluding hydrogens is 302 g/mol. The van der Waals surface area contributed by atoms with Gasteiger partial charge in [0.05, 0.1) is 0 Å². The van der Waals surface area contributed by atoms with Crippen LogP contribution in [0.4, 0.5) is 5.69 Å². The average Bonchev–Trinajstić information content (AvgIpc) is 2.55. The van der Waals surface area contributed by atoms with Crippen LogP contribution < -0.4 is 10.2 Å². The van der Waals surface area contributed by atoms with Gasteiger partial charge < -0.3 is 15.1 Å². The minimum absolute atomic E-state index is 0.0352. The highest BCUT2D eigenvalue weighted by Crippen LogP contribution is 2.20. The fourth-order valence-electron chi connectivity index (χ4n) is 3.39. The first kappa shape index (κ1) is 18.3. The van der Waals surface area contributed by atoms with Crippen LogP contribution in [0, 0.1) is 0 Å². The summed E-state index contributed by atoms with van der Waals surface area (Å²) >= 11 is 0. The van der Waals surface area contributed by atoms with Gasteiger partial charge in [0.25, 0.3) is 5.91 Å². The molecule has 0 bridgehead atoms. The molecule has 132 valence electrons. The number of nitrogens with one attached hydrogen (secondary N) is 1. The van der Waals surface area contributed by atoms with Crippen molar-refractivity contribution in [3.05, 3.63) is 29.8 Å². The van der Waals surface area contributed by atoms with Gasteiger partial charge in [-0.1, -0.05) is 0 Å². The lowest BCUT2D eigenvalue weighted by Gasteiger charge is -2.33. The summed E-state index contributed by atoms with van der Waals surface area (Å²) in [5, 5.41) is 2.92. The molecule has 0 saturated carbocycles. The maximum Gasteiger partial charge on any atom is 0.253 e. The van der Waals surface area contributed by atoms with Gasteiger partial charge in [0.2, 0.25) is 5.91 Å². The van der Waals surface area contributed by atoms with E-state index in [0.29, 0.717) is 18.2 Å². The zero-order valence-electron chi connectivity index (χ0n) is 15.2. The second-order valence-corrected chi connectivity index (χ2v) is 6.72. The molecule has 5 nitrogen and oxygen atoms in total. The van der Waals surface area contributed by atoms with Gasteiger partial charge in [-0.15, -0.1) is 0 Å². The zero-order chi connectivity index (χ0) is 17.7.